The van der Waals surface area contributed by atoms with Crippen LogP contribution < -0.4 is 32.3 Å². The Hall–Kier alpha value is -7.15. The highest BCUT2D eigenvalue weighted by Crippen LogP contribution is 2.36. The van der Waals surface area contributed by atoms with Gasteiger partial charge in [0.05, 0.1) is 60.9 Å². The molecule has 486 valence electrons. The number of carboxylic acid groups (broad SMARTS) is 1. The number of rotatable bonds is 36. The Morgan fingerprint density at radius 2 is 1.36 bits per heavy atom. The van der Waals surface area contributed by atoms with Crippen molar-refractivity contribution >= 4 is 102 Å². The summed E-state index contributed by atoms with van der Waals surface area (Å²) in [7, 11) is 1.48. The number of carboxylic acids is 1. The van der Waals surface area contributed by atoms with E-state index in [2.05, 4.69) is 68.4 Å². The lowest BCUT2D eigenvalue weighted by Crippen LogP contribution is -2.55. The summed E-state index contributed by atoms with van der Waals surface area (Å²) in [6, 6.07) is 17.5. The van der Waals surface area contributed by atoms with Crippen LogP contribution in [0.1, 0.15) is 134 Å². The first-order valence-electron chi connectivity index (χ1n) is 29.8. The lowest BCUT2D eigenvalue weighted by atomic mass is 9.71. The first-order valence-corrected chi connectivity index (χ1v) is 32.0. The molecule has 1 heterocycles. The molecule has 0 unspecified atom stereocenters. The van der Waals surface area contributed by atoms with Crippen molar-refractivity contribution in [1.29, 1.82) is 0 Å². The third-order valence-corrected chi connectivity index (χ3v) is 16.3. The molecular formula is C65H89Br2N9O13. The maximum Gasteiger partial charge on any atom is 0.410 e. The van der Waals surface area contributed by atoms with Gasteiger partial charge in [-0.3, -0.25) is 28.8 Å². The molecule has 89 heavy (non-hydrogen) atoms. The molecule has 22 nitrogen and oxygen atoms in total. The van der Waals surface area contributed by atoms with Gasteiger partial charge in [-0.2, -0.15) is 0 Å². The van der Waals surface area contributed by atoms with Crippen LogP contribution in [0.25, 0.3) is 11.0 Å². The Bertz CT molecular complexity index is 3100. The van der Waals surface area contributed by atoms with Crippen LogP contribution in [0.15, 0.2) is 84.4 Å². The zero-order valence-corrected chi connectivity index (χ0v) is 56.1. The number of anilines is 1. The molecule has 0 spiro atoms. The predicted molar refractivity (Wildman–Crippen MR) is 347 cm³/mol. The van der Waals surface area contributed by atoms with Crippen molar-refractivity contribution in [2.75, 3.05) is 51.9 Å². The van der Waals surface area contributed by atoms with Crippen LogP contribution in [0.4, 0.5) is 15.3 Å². The van der Waals surface area contributed by atoms with Gasteiger partial charge < -0.3 is 56.5 Å². The highest BCUT2D eigenvalue weighted by Gasteiger charge is 2.45. The third-order valence-electron chi connectivity index (χ3n) is 15.2. The second-order valence-corrected chi connectivity index (χ2v) is 25.4. The fourth-order valence-corrected chi connectivity index (χ4v) is 10.8. The van der Waals surface area contributed by atoms with Gasteiger partial charge in [-0.05, 0) is 78.5 Å². The van der Waals surface area contributed by atoms with E-state index in [9.17, 15) is 48.3 Å². The van der Waals surface area contributed by atoms with Crippen LogP contribution in [0, 0.1) is 29.1 Å². The van der Waals surface area contributed by atoms with Crippen molar-refractivity contribution in [1.82, 2.24) is 36.1 Å². The zero-order valence-electron chi connectivity index (χ0n) is 53.0. The second-order valence-electron chi connectivity index (χ2n) is 24.3. The first-order chi connectivity index (χ1) is 42.0. The summed E-state index contributed by atoms with van der Waals surface area (Å²) in [6.07, 6.45) is 0.677. The van der Waals surface area contributed by atoms with Gasteiger partial charge in [0.1, 0.15) is 12.6 Å². The third kappa shape index (κ3) is 23.6. The van der Waals surface area contributed by atoms with E-state index >= 15 is 0 Å². The van der Waals surface area contributed by atoms with Crippen molar-refractivity contribution in [2.45, 2.75) is 142 Å². The van der Waals surface area contributed by atoms with Crippen LogP contribution in [-0.4, -0.2) is 138 Å². The number of ketones is 2. The lowest BCUT2D eigenvalue weighted by molar-refractivity contribution is -0.136. The summed E-state index contributed by atoms with van der Waals surface area (Å²) in [5, 5.41) is 24.6. The number of benzene rings is 3. The molecule has 7 amide bonds. The second kappa shape index (κ2) is 35.9. The van der Waals surface area contributed by atoms with Gasteiger partial charge in [0.25, 0.3) is 5.91 Å². The number of carbonyl (C=O) groups is 9. The SMILES string of the molecule is C/C(=C\[C@@H](NC(=O)[C@@H](CC(=O)[C@@H](N(C)C(=O)OCc1ccc(NC(=O)[C@H](CCCNC(N)=O)CC(=O)[C@@H](NC(=O)CCOCCOCCNC(=O)c2ccc3nc(CBr)c(CBr)nc3c2)C(C)C)cc1)C(C)(C)c1ccccc1)C(C)(C)C)C(C)C)C(=O)O. The molecule has 4 rings (SSSR count). The summed E-state index contributed by atoms with van der Waals surface area (Å²) in [6.45, 7) is 18.8. The summed E-state index contributed by atoms with van der Waals surface area (Å²) in [4.78, 5) is 130. The maximum atomic E-state index is 14.8. The number of aliphatic carboxylic acids is 1. The number of nitrogens with one attached hydrogen (secondary N) is 5. The summed E-state index contributed by atoms with van der Waals surface area (Å²) < 4.78 is 17.0. The molecular weight excluding hydrogens is 1270 g/mol. The van der Waals surface area contributed by atoms with Gasteiger partial charge >= 0.3 is 18.1 Å². The van der Waals surface area contributed by atoms with E-state index in [0.29, 0.717) is 44.9 Å². The average molecular weight is 1360 g/mol. The summed E-state index contributed by atoms with van der Waals surface area (Å²) >= 11 is 6.87. The Morgan fingerprint density at radius 3 is 1.94 bits per heavy atom. The largest absolute Gasteiger partial charge is 0.478 e. The quantitative estimate of drug-likeness (QED) is 0.0127. The molecule has 3 aromatic carbocycles. The number of aromatic nitrogens is 2. The molecule has 0 aliphatic carbocycles. The van der Waals surface area contributed by atoms with Gasteiger partial charge in [0.15, 0.2) is 11.6 Å². The number of nitrogens with two attached hydrogens (primary N) is 1. The number of primary amides is 1. The normalized spacial score (nSPS) is 13.6. The van der Waals surface area contributed by atoms with Crippen molar-refractivity contribution in [3.05, 3.63) is 113 Å². The smallest absolute Gasteiger partial charge is 0.410 e. The van der Waals surface area contributed by atoms with Crippen LogP contribution in [0.5, 0.6) is 0 Å². The number of nitrogens with zero attached hydrogens (tertiary/aromatic N) is 3. The average Bonchev–Trinajstić information content (AvgIpc) is 2.22. The number of likely N-dealkylation sites (N-methyl/N-ethyl adjacent to an activating group) is 1. The van der Waals surface area contributed by atoms with Gasteiger partial charge in [-0.15, -0.1) is 0 Å². The Labute approximate surface area is 539 Å². The Balaban J connectivity index is 1.33. The molecule has 0 radical (unpaired) electrons. The number of hydrogen-bond donors (Lipinski definition) is 7. The molecule has 0 aliphatic rings. The molecule has 0 bridgehead atoms. The highest BCUT2D eigenvalue weighted by molar-refractivity contribution is 9.09. The maximum absolute atomic E-state index is 14.8. The number of amides is 7. The molecule has 5 atom stereocenters. The van der Waals surface area contributed by atoms with Gasteiger partial charge in [0, 0.05) is 84.1 Å². The number of fused-ring (bicyclic) bond motifs is 1. The molecule has 0 aliphatic heterocycles. The number of carbonyl (C=O) groups excluding carboxylic acids is 8. The molecule has 0 saturated carbocycles. The zero-order chi connectivity index (χ0) is 66.2. The molecule has 8 N–H and O–H groups in total. The topological polar surface area (TPSA) is 317 Å². The molecule has 1 aromatic heterocycles. The van der Waals surface area contributed by atoms with E-state index in [0.717, 1.165) is 17.0 Å². The highest BCUT2D eigenvalue weighted by atomic mass is 79.9. The van der Waals surface area contributed by atoms with E-state index < -0.39 is 76.6 Å². The van der Waals surface area contributed by atoms with E-state index in [4.69, 9.17) is 19.9 Å². The van der Waals surface area contributed by atoms with E-state index in [-0.39, 0.29) is 107 Å². The van der Waals surface area contributed by atoms with Gasteiger partial charge in [0.2, 0.25) is 17.7 Å². The minimum atomic E-state index is -1.11. The minimum Gasteiger partial charge on any atom is -0.478 e. The van der Waals surface area contributed by atoms with Crippen molar-refractivity contribution in [3.63, 3.8) is 0 Å². The number of Topliss-reactive ketones (excluding diaryl/α,β-unsaturated/α-hetero) is 2. The molecule has 0 saturated heterocycles. The molecule has 4 aromatic rings. The Morgan fingerprint density at radius 1 is 0.730 bits per heavy atom. The number of ether oxygens (including phenoxy) is 3. The monoisotopic (exact) mass is 1360 g/mol. The van der Waals surface area contributed by atoms with Gasteiger partial charge in [-0.1, -0.05) is 143 Å². The number of hydrogen-bond acceptors (Lipinski definition) is 14. The Kier molecular flexibility index (Phi) is 30.0. The van der Waals surface area contributed by atoms with Crippen molar-refractivity contribution < 1.29 is 62.5 Å². The van der Waals surface area contributed by atoms with Crippen LogP contribution in [0.2, 0.25) is 0 Å². The van der Waals surface area contributed by atoms with Crippen LogP contribution in [-0.2, 0) is 65.7 Å². The fourth-order valence-electron chi connectivity index (χ4n) is 9.95. The number of alkyl halides is 2. The van der Waals surface area contributed by atoms with E-state index in [1.807, 2.05) is 78.8 Å². The summed E-state index contributed by atoms with van der Waals surface area (Å²) in [5.41, 5.74) is 8.67. The number of urea groups is 1. The first kappa shape index (κ1) is 74.3. The van der Waals surface area contributed by atoms with E-state index in [1.54, 1.807) is 56.3 Å². The van der Waals surface area contributed by atoms with Crippen LogP contribution >= 0.6 is 31.9 Å². The van der Waals surface area contributed by atoms with E-state index in [1.165, 1.54) is 24.9 Å². The van der Waals surface area contributed by atoms with Gasteiger partial charge in [-0.25, -0.2) is 24.4 Å². The predicted octanol–water partition coefficient (Wildman–Crippen LogP) is 9.08. The minimum absolute atomic E-state index is 0.0456. The van der Waals surface area contributed by atoms with Crippen LogP contribution in [0.3, 0.4) is 0 Å². The molecule has 24 heteroatoms. The van der Waals surface area contributed by atoms with Crippen molar-refractivity contribution in [3.8, 4) is 0 Å². The standard InChI is InChI=1S/C65H89Br2N9O13/c1-39(2)49(32-41(5)61(83)84)74-60(82)47(64(6,7)8)35-54(78)57(65(9,10)45-17-13-12-14-18-45)76(11)63(86)89-38-42-19-22-46(23-20-42)71-59(81)43(16-15-26-70-62(68)85)34-53(77)56(40(3)4)75-55(79)25-28-87-30-31-88-29-27-69-58(80)44-21-24-48-50(33-44)73-52(37-67)51(36-66)72-48/h12-14,17-24,32-33,39-40,43,47,49,56-57H,15-16,25-31,34-38H2,1-11H3,(H,69,80)(H,71,81)(H,74,82)(H,75,79)(H,83,84)(H3,68,70,85)/b41-32+/t43-,47-,49-,56+,57-/m1/s1. The number of halogens is 2. The lowest BCUT2D eigenvalue weighted by Gasteiger charge is -2.40. The fraction of sp³-hybridized carbons (Fsp3) is 0.523. The van der Waals surface area contributed by atoms with Crippen molar-refractivity contribution in [2.24, 2.45) is 34.8 Å². The summed E-state index contributed by atoms with van der Waals surface area (Å²) in [5.74, 6) is -5.71. The molecule has 0 fully saturated rings.